The van der Waals surface area contributed by atoms with Crippen molar-refractivity contribution in [3.8, 4) is 0 Å². The number of benzene rings is 1. The van der Waals surface area contributed by atoms with E-state index in [0.29, 0.717) is 15.8 Å². The van der Waals surface area contributed by atoms with Gasteiger partial charge in [0.15, 0.2) is 0 Å². The van der Waals surface area contributed by atoms with Crippen LogP contribution in [-0.2, 0) is 4.79 Å². The van der Waals surface area contributed by atoms with Crippen molar-refractivity contribution >= 4 is 56.2 Å². The molecule has 0 saturated carbocycles. The first-order valence-electron chi connectivity index (χ1n) is 5.23. The van der Waals surface area contributed by atoms with Crippen molar-refractivity contribution in [3.05, 3.63) is 51.9 Å². The molecule has 0 atom stereocenters. The number of thiocarbonyl (C=S) groups is 1. The number of hydrogen-bond acceptors (Lipinski definition) is 3. The van der Waals surface area contributed by atoms with Crippen LogP contribution < -0.4 is 0 Å². The molecule has 1 aromatic rings. The molecule has 1 heterocycles. The normalized spacial score (nSPS) is 17.6. The average Bonchev–Trinajstić information content (AvgIpc) is 2.60. The molecule has 0 aliphatic carbocycles. The predicted octanol–water partition coefficient (Wildman–Crippen LogP) is 3.84. The number of nitrogens with zero attached hydrogens (tertiary/aromatic N) is 1. The van der Waals surface area contributed by atoms with Crippen molar-refractivity contribution in [1.82, 2.24) is 4.90 Å². The smallest absolute Gasteiger partial charge is 0.266 e. The highest BCUT2D eigenvalue weighted by Crippen LogP contribution is 2.32. The Hall–Kier alpha value is -0.910. The van der Waals surface area contributed by atoms with Crippen LogP contribution in [0, 0.1) is 0 Å². The number of rotatable bonds is 3. The molecule has 2 rings (SSSR count). The van der Waals surface area contributed by atoms with Gasteiger partial charge in [0.2, 0.25) is 0 Å². The quantitative estimate of drug-likeness (QED) is 0.474. The van der Waals surface area contributed by atoms with E-state index in [9.17, 15) is 4.79 Å². The maximum Gasteiger partial charge on any atom is 0.266 e. The van der Waals surface area contributed by atoms with Crippen molar-refractivity contribution in [2.75, 3.05) is 6.54 Å². The molecular formula is C13H10BrNOS2. The number of thioether (sulfide) groups is 1. The molecule has 5 heteroatoms. The number of amides is 1. The van der Waals surface area contributed by atoms with E-state index >= 15 is 0 Å². The van der Waals surface area contributed by atoms with E-state index in [1.54, 1.807) is 11.0 Å². The van der Waals surface area contributed by atoms with Gasteiger partial charge in [-0.25, -0.2) is 0 Å². The molecule has 0 N–H and O–H groups in total. The standard InChI is InChI=1S/C13H10BrNOS2/c1-2-7-15-12(16)11(18-13(15)17)8-9-3-5-10(14)6-4-9/h2-6,8H,1,7H2. The summed E-state index contributed by atoms with van der Waals surface area (Å²) in [4.78, 5) is 14.3. The summed E-state index contributed by atoms with van der Waals surface area (Å²) in [6, 6.07) is 7.78. The third kappa shape index (κ3) is 2.91. The largest absolute Gasteiger partial charge is 0.289 e. The monoisotopic (exact) mass is 339 g/mol. The molecule has 1 aromatic carbocycles. The summed E-state index contributed by atoms with van der Waals surface area (Å²) in [5.41, 5.74) is 0.984. The van der Waals surface area contributed by atoms with Crippen molar-refractivity contribution < 1.29 is 4.79 Å². The SMILES string of the molecule is C=CCN1C(=O)C(=Cc2ccc(Br)cc2)SC1=S. The van der Waals surface area contributed by atoms with Crippen LogP contribution in [0.15, 0.2) is 46.3 Å². The first-order chi connectivity index (χ1) is 8.61. The predicted molar refractivity (Wildman–Crippen MR) is 84.2 cm³/mol. The Morgan fingerprint density at radius 2 is 2.06 bits per heavy atom. The van der Waals surface area contributed by atoms with E-state index in [2.05, 4.69) is 22.5 Å². The zero-order valence-electron chi connectivity index (χ0n) is 9.43. The molecule has 0 aromatic heterocycles. The molecule has 1 saturated heterocycles. The van der Waals surface area contributed by atoms with Gasteiger partial charge in [-0.3, -0.25) is 9.69 Å². The second-order valence-corrected chi connectivity index (χ2v) is 6.22. The van der Waals surface area contributed by atoms with Crippen LogP contribution in [0.5, 0.6) is 0 Å². The van der Waals surface area contributed by atoms with Crippen LogP contribution in [0.1, 0.15) is 5.56 Å². The van der Waals surface area contributed by atoms with Crippen molar-refractivity contribution in [2.24, 2.45) is 0 Å². The molecule has 1 aliphatic rings. The van der Waals surface area contributed by atoms with Gasteiger partial charge in [-0.15, -0.1) is 6.58 Å². The third-order valence-corrected chi connectivity index (χ3v) is 4.26. The lowest BCUT2D eigenvalue weighted by molar-refractivity contribution is -0.121. The van der Waals surface area contributed by atoms with Crippen LogP contribution in [0.3, 0.4) is 0 Å². The third-order valence-electron chi connectivity index (χ3n) is 2.35. The summed E-state index contributed by atoms with van der Waals surface area (Å²) in [5.74, 6) is -0.0483. The second kappa shape index (κ2) is 5.82. The van der Waals surface area contributed by atoms with Gasteiger partial charge in [-0.2, -0.15) is 0 Å². The van der Waals surface area contributed by atoms with E-state index in [0.717, 1.165) is 10.0 Å². The van der Waals surface area contributed by atoms with Gasteiger partial charge in [0.05, 0.1) is 4.91 Å². The van der Waals surface area contributed by atoms with Gasteiger partial charge >= 0.3 is 0 Å². The van der Waals surface area contributed by atoms with Gasteiger partial charge in [-0.1, -0.05) is 58.1 Å². The molecule has 1 aliphatic heterocycles. The Morgan fingerprint density at radius 3 is 2.67 bits per heavy atom. The second-order valence-electron chi connectivity index (χ2n) is 3.63. The van der Waals surface area contributed by atoms with Crippen LogP contribution in [0.2, 0.25) is 0 Å². The minimum atomic E-state index is -0.0483. The summed E-state index contributed by atoms with van der Waals surface area (Å²) in [6.45, 7) is 4.08. The van der Waals surface area contributed by atoms with Gasteiger partial charge < -0.3 is 0 Å². The molecule has 1 amide bonds. The van der Waals surface area contributed by atoms with E-state index in [4.69, 9.17) is 12.2 Å². The molecule has 18 heavy (non-hydrogen) atoms. The summed E-state index contributed by atoms with van der Waals surface area (Å²) >= 11 is 9.88. The van der Waals surface area contributed by atoms with E-state index in [1.807, 2.05) is 30.3 Å². The fraction of sp³-hybridized carbons (Fsp3) is 0.0769. The molecule has 0 spiro atoms. The summed E-state index contributed by atoms with van der Waals surface area (Å²) in [6.07, 6.45) is 3.53. The number of halogens is 1. The summed E-state index contributed by atoms with van der Waals surface area (Å²) < 4.78 is 1.60. The first kappa shape index (κ1) is 13.5. The van der Waals surface area contributed by atoms with Crippen LogP contribution in [-0.4, -0.2) is 21.7 Å². The molecule has 0 bridgehead atoms. The number of carbonyl (C=O) groups is 1. The van der Waals surface area contributed by atoms with Crippen molar-refractivity contribution in [2.45, 2.75) is 0 Å². The summed E-state index contributed by atoms with van der Waals surface area (Å²) in [7, 11) is 0. The average molecular weight is 340 g/mol. The van der Waals surface area contributed by atoms with Gasteiger partial charge in [-0.05, 0) is 23.8 Å². The van der Waals surface area contributed by atoms with Crippen LogP contribution >= 0.6 is 39.9 Å². The van der Waals surface area contributed by atoms with Crippen molar-refractivity contribution in [3.63, 3.8) is 0 Å². The van der Waals surface area contributed by atoms with Gasteiger partial charge in [0.1, 0.15) is 4.32 Å². The number of hydrogen-bond donors (Lipinski definition) is 0. The number of carbonyl (C=O) groups excluding carboxylic acids is 1. The lowest BCUT2D eigenvalue weighted by Gasteiger charge is -2.10. The molecule has 92 valence electrons. The Balaban J connectivity index is 2.24. The van der Waals surface area contributed by atoms with E-state index in [-0.39, 0.29) is 5.91 Å². The molecule has 1 fully saturated rings. The van der Waals surface area contributed by atoms with Gasteiger partial charge in [0.25, 0.3) is 5.91 Å². The zero-order chi connectivity index (χ0) is 13.1. The highest BCUT2D eigenvalue weighted by Gasteiger charge is 2.30. The maximum atomic E-state index is 12.1. The van der Waals surface area contributed by atoms with Crippen LogP contribution in [0.25, 0.3) is 6.08 Å². The van der Waals surface area contributed by atoms with E-state index in [1.165, 1.54) is 11.8 Å². The lowest BCUT2D eigenvalue weighted by atomic mass is 10.2. The zero-order valence-corrected chi connectivity index (χ0v) is 12.6. The topological polar surface area (TPSA) is 20.3 Å². The first-order valence-corrected chi connectivity index (χ1v) is 7.25. The fourth-order valence-electron chi connectivity index (χ4n) is 1.50. The lowest BCUT2D eigenvalue weighted by Crippen LogP contribution is -2.27. The Labute approximate surface area is 124 Å². The molecule has 2 nitrogen and oxygen atoms in total. The minimum Gasteiger partial charge on any atom is -0.289 e. The Kier molecular flexibility index (Phi) is 4.37. The van der Waals surface area contributed by atoms with Gasteiger partial charge in [0, 0.05) is 11.0 Å². The fourth-order valence-corrected chi connectivity index (χ4v) is 3.04. The van der Waals surface area contributed by atoms with Crippen LogP contribution in [0.4, 0.5) is 0 Å². The summed E-state index contributed by atoms with van der Waals surface area (Å²) in [5, 5.41) is 0. The highest BCUT2D eigenvalue weighted by molar-refractivity contribution is 9.10. The van der Waals surface area contributed by atoms with Crippen molar-refractivity contribution in [1.29, 1.82) is 0 Å². The molecule has 0 unspecified atom stereocenters. The minimum absolute atomic E-state index is 0.0483. The maximum absolute atomic E-state index is 12.1. The Bertz CT molecular complexity index is 536. The molecule has 0 radical (unpaired) electrons. The van der Waals surface area contributed by atoms with E-state index < -0.39 is 0 Å². The highest BCUT2D eigenvalue weighted by atomic mass is 79.9. The Morgan fingerprint density at radius 1 is 1.39 bits per heavy atom. The molecular weight excluding hydrogens is 330 g/mol.